The van der Waals surface area contributed by atoms with Crippen LogP contribution in [0.25, 0.3) is 21.6 Å². The molecule has 0 aliphatic heterocycles. The predicted molar refractivity (Wildman–Crippen MR) is 76.4 cm³/mol. The first-order valence-electron chi connectivity index (χ1n) is 6.44. The average Bonchev–Trinajstić information content (AvgIpc) is 2.96. The van der Waals surface area contributed by atoms with Gasteiger partial charge in [-0.2, -0.15) is 0 Å². The highest BCUT2D eigenvalue weighted by atomic mass is 32.1. The van der Waals surface area contributed by atoms with Crippen molar-refractivity contribution in [1.82, 2.24) is 14.5 Å². The molecule has 3 aromatic rings. The number of hydrogen-bond donors (Lipinski definition) is 1. The van der Waals surface area contributed by atoms with Crippen LogP contribution in [0, 0.1) is 5.92 Å². The third kappa shape index (κ3) is 1.90. The first kappa shape index (κ1) is 11.0. The number of nitrogens with zero attached hydrogens (tertiary/aromatic N) is 2. The highest BCUT2D eigenvalue weighted by molar-refractivity contribution is 7.13. The molecule has 1 aliphatic rings. The third-order valence-corrected chi connectivity index (χ3v) is 4.49. The number of nitrogens with one attached hydrogen (secondary N) is 1. The molecule has 3 heterocycles. The predicted octanol–water partition coefficient (Wildman–Crippen LogP) is 2.86. The number of thiophene rings is 1. The van der Waals surface area contributed by atoms with Crippen molar-refractivity contribution in [3.8, 4) is 10.4 Å². The van der Waals surface area contributed by atoms with Gasteiger partial charge in [0.2, 0.25) is 0 Å². The molecule has 3 aromatic heterocycles. The molecule has 1 N–H and O–H groups in total. The van der Waals surface area contributed by atoms with Gasteiger partial charge in [0.05, 0.1) is 5.52 Å². The Labute approximate surface area is 113 Å². The zero-order valence-corrected chi connectivity index (χ0v) is 11.1. The third-order valence-electron chi connectivity index (χ3n) is 3.57. The summed E-state index contributed by atoms with van der Waals surface area (Å²) in [6.45, 7) is 0.814. The molecule has 5 heteroatoms. The van der Waals surface area contributed by atoms with Gasteiger partial charge in [-0.3, -0.25) is 9.55 Å². The van der Waals surface area contributed by atoms with Crippen molar-refractivity contribution >= 4 is 22.5 Å². The monoisotopic (exact) mass is 271 g/mol. The second-order valence-corrected chi connectivity index (χ2v) is 6.00. The molecule has 96 valence electrons. The van der Waals surface area contributed by atoms with E-state index < -0.39 is 0 Å². The Balaban J connectivity index is 1.88. The molecular weight excluding hydrogens is 258 g/mol. The summed E-state index contributed by atoms with van der Waals surface area (Å²) in [6, 6.07) is 6.16. The molecule has 1 aliphatic carbocycles. The highest BCUT2D eigenvalue weighted by Gasteiger charge is 2.23. The summed E-state index contributed by atoms with van der Waals surface area (Å²) in [7, 11) is 0. The molecule has 0 aromatic carbocycles. The lowest BCUT2D eigenvalue weighted by atomic mass is 10.2. The van der Waals surface area contributed by atoms with Gasteiger partial charge >= 0.3 is 5.69 Å². The SMILES string of the molecule is O=c1[nH]c2ncc(-c3cccs3)cc2n1CC1CC1. The van der Waals surface area contributed by atoms with Crippen molar-refractivity contribution in [2.75, 3.05) is 0 Å². The zero-order valence-electron chi connectivity index (χ0n) is 10.3. The molecule has 1 fully saturated rings. The van der Waals surface area contributed by atoms with E-state index in [0.717, 1.165) is 17.6 Å². The second-order valence-electron chi connectivity index (χ2n) is 5.05. The van der Waals surface area contributed by atoms with Crippen molar-refractivity contribution in [3.05, 3.63) is 40.3 Å². The van der Waals surface area contributed by atoms with E-state index in [-0.39, 0.29) is 5.69 Å². The molecule has 1 saturated carbocycles. The van der Waals surface area contributed by atoms with Crippen molar-refractivity contribution in [3.63, 3.8) is 0 Å². The van der Waals surface area contributed by atoms with Crippen LogP contribution in [0.4, 0.5) is 0 Å². The normalized spacial score (nSPS) is 15.2. The van der Waals surface area contributed by atoms with Gasteiger partial charge in [-0.25, -0.2) is 9.78 Å². The standard InChI is InChI=1S/C14H13N3OS/c18-14-16-13-11(17(14)8-9-3-4-9)6-10(7-15-13)12-2-1-5-19-12/h1-2,5-7,9H,3-4,8H2,(H,15,16,18). The fourth-order valence-electron chi connectivity index (χ4n) is 2.35. The maximum atomic E-state index is 12.0. The van der Waals surface area contributed by atoms with Gasteiger partial charge < -0.3 is 0 Å². The van der Waals surface area contributed by atoms with E-state index in [0.29, 0.717) is 11.6 Å². The van der Waals surface area contributed by atoms with E-state index in [1.807, 2.05) is 22.2 Å². The van der Waals surface area contributed by atoms with Crippen molar-refractivity contribution < 1.29 is 0 Å². The Kier molecular flexibility index (Phi) is 2.35. The topological polar surface area (TPSA) is 50.7 Å². The molecule has 0 radical (unpaired) electrons. The molecule has 4 nitrogen and oxygen atoms in total. The van der Waals surface area contributed by atoms with Gasteiger partial charge in [-0.05, 0) is 36.3 Å². The Hall–Kier alpha value is -1.88. The van der Waals surface area contributed by atoms with E-state index in [1.165, 1.54) is 17.7 Å². The summed E-state index contributed by atoms with van der Waals surface area (Å²) >= 11 is 1.69. The number of hydrogen-bond acceptors (Lipinski definition) is 3. The lowest BCUT2D eigenvalue weighted by Crippen LogP contribution is -2.17. The summed E-state index contributed by atoms with van der Waals surface area (Å²) in [5, 5.41) is 2.05. The van der Waals surface area contributed by atoms with Gasteiger partial charge in [0.15, 0.2) is 5.65 Å². The quantitative estimate of drug-likeness (QED) is 0.796. The number of H-pyrrole nitrogens is 1. The molecule has 0 saturated heterocycles. The van der Waals surface area contributed by atoms with Gasteiger partial charge in [-0.1, -0.05) is 6.07 Å². The van der Waals surface area contributed by atoms with E-state index >= 15 is 0 Å². The number of rotatable bonds is 3. The molecular formula is C14H13N3OS. The molecule has 0 bridgehead atoms. The zero-order chi connectivity index (χ0) is 12.8. The minimum absolute atomic E-state index is 0.0438. The number of aromatic nitrogens is 3. The van der Waals surface area contributed by atoms with Crippen LogP contribution in [0.15, 0.2) is 34.6 Å². The smallest absolute Gasteiger partial charge is 0.290 e. The Bertz CT molecular complexity index is 781. The van der Waals surface area contributed by atoms with Crippen LogP contribution in [0.5, 0.6) is 0 Å². The van der Waals surface area contributed by atoms with Crippen LogP contribution >= 0.6 is 11.3 Å². The van der Waals surface area contributed by atoms with Crippen molar-refractivity contribution in [1.29, 1.82) is 0 Å². The molecule has 4 rings (SSSR count). The Morgan fingerprint density at radius 1 is 1.47 bits per heavy atom. The minimum atomic E-state index is -0.0438. The van der Waals surface area contributed by atoms with Crippen LogP contribution in [-0.4, -0.2) is 14.5 Å². The summed E-state index contributed by atoms with van der Waals surface area (Å²) < 4.78 is 1.83. The Morgan fingerprint density at radius 3 is 3.11 bits per heavy atom. The van der Waals surface area contributed by atoms with Crippen LogP contribution in [0.1, 0.15) is 12.8 Å². The number of fused-ring (bicyclic) bond motifs is 1. The number of aromatic amines is 1. The van der Waals surface area contributed by atoms with Crippen molar-refractivity contribution in [2.24, 2.45) is 5.92 Å². The average molecular weight is 271 g/mol. The van der Waals surface area contributed by atoms with E-state index in [1.54, 1.807) is 11.3 Å². The maximum absolute atomic E-state index is 12.0. The van der Waals surface area contributed by atoms with E-state index in [9.17, 15) is 4.79 Å². The lowest BCUT2D eigenvalue weighted by molar-refractivity contribution is 0.624. The molecule has 19 heavy (non-hydrogen) atoms. The molecule has 0 spiro atoms. The van der Waals surface area contributed by atoms with Gasteiger partial charge in [-0.15, -0.1) is 11.3 Å². The summed E-state index contributed by atoms with van der Waals surface area (Å²) in [5.41, 5.74) is 2.64. The highest BCUT2D eigenvalue weighted by Crippen LogP contribution is 2.31. The molecule has 0 amide bonds. The van der Waals surface area contributed by atoms with Crippen LogP contribution < -0.4 is 5.69 Å². The minimum Gasteiger partial charge on any atom is -0.290 e. The fourth-order valence-corrected chi connectivity index (χ4v) is 3.06. The van der Waals surface area contributed by atoms with Gasteiger partial charge in [0.1, 0.15) is 0 Å². The molecule has 0 atom stereocenters. The summed E-state index contributed by atoms with van der Waals surface area (Å²) in [6.07, 6.45) is 4.29. The van der Waals surface area contributed by atoms with E-state index in [2.05, 4.69) is 22.1 Å². The van der Waals surface area contributed by atoms with E-state index in [4.69, 9.17) is 0 Å². The summed E-state index contributed by atoms with van der Waals surface area (Å²) in [4.78, 5) is 20.4. The maximum Gasteiger partial charge on any atom is 0.327 e. The first-order valence-corrected chi connectivity index (χ1v) is 7.31. The van der Waals surface area contributed by atoms with Crippen LogP contribution in [0.3, 0.4) is 0 Å². The number of pyridine rings is 1. The first-order chi connectivity index (χ1) is 9.31. The lowest BCUT2D eigenvalue weighted by Gasteiger charge is -2.02. The van der Waals surface area contributed by atoms with Gasteiger partial charge in [0.25, 0.3) is 0 Å². The largest absolute Gasteiger partial charge is 0.327 e. The summed E-state index contributed by atoms with van der Waals surface area (Å²) in [5.74, 6) is 0.669. The number of imidazole rings is 1. The second kappa shape index (κ2) is 4.06. The van der Waals surface area contributed by atoms with Crippen LogP contribution in [-0.2, 0) is 6.54 Å². The van der Waals surface area contributed by atoms with Crippen molar-refractivity contribution in [2.45, 2.75) is 19.4 Å². The fraction of sp³-hybridized carbons (Fsp3) is 0.286. The van der Waals surface area contributed by atoms with Crippen LogP contribution in [0.2, 0.25) is 0 Å². The Morgan fingerprint density at radius 2 is 2.37 bits per heavy atom. The van der Waals surface area contributed by atoms with Gasteiger partial charge in [0, 0.05) is 23.2 Å². The molecule has 0 unspecified atom stereocenters.